The highest BCUT2D eigenvalue weighted by Crippen LogP contribution is 2.36. The minimum absolute atomic E-state index is 0.0167. The molecule has 3 aliphatic rings. The zero-order valence-corrected chi connectivity index (χ0v) is 18.4. The standard InChI is InChI=1S/C22H23F3N6O3/c1-29-21(30-8-6-14(7-9-30)22(23,24)25)27-18(28-29)12-2-3-15-13(10-12)11-31(20(15)34)16-4-5-17(32)26-19(16)33/h2-3,10,14,16H,4-9,11H2,1H3,(H,26,32,33). The fourth-order valence-electron chi connectivity index (χ4n) is 4.89. The number of anilines is 1. The molecular formula is C22H23F3N6O3. The second kappa shape index (κ2) is 8.10. The number of rotatable bonds is 3. The number of aryl methyl sites for hydroxylation is 1. The van der Waals surface area contributed by atoms with Crippen molar-refractivity contribution in [3.05, 3.63) is 29.3 Å². The van der Waals surface area contributed by atoms with Crippen molar-refractivity contribution in [2.75, 3.05) is 18.0 Å². The Kier molecular flexibility index (Phi) is 5.33. The number of aromatic nitrogens is 3. The molecule has 4 heterocycles. The number of piperidine rings is 2. The second-order valence-electron chi connectivity index (χ2n) is 8.93. The summed E-state index contributed by atoms with van der Waals surface area (Å²) in [6.07, 6.45) is -3.68. The topological polar surface area (TPSA) is 100 Å². The van der Waals surface area contributed by atoms with Crippen molar-refractivity contribution >= 4 is 23.7 Å². The Balaban J connectivity index is 1.33. The highest BCUT2D eigenvalue weighted by atomic mass is 19.4. The van der Waals surface area contributed by atoms with Crippen LogP contribution in [0.5, 0.6) is 0 Å². The van der Waals surface area contributed by atoms with E-state index in [1.165, 1.54) is 4.90 Å². The van der Waals surface area contributed by atoms with Gasteiger partial charge in [0, 0.05) is 44.2 Å². The third kappa shape index (κ3) is 3.90. The first-order valence-corrected chi connectivity index (χ1v) is 11.1. The van der Waals surface area contributed by atoms with E-state index in [2.05, 4.69) is 15.4 Å². The van der Waals surface area contributed by atoms with Crippen molar-refractivity contribution < 1.29 is 27.6 Å². The molecule has 0 saturated carbocycles. The average Bonchev–Trinajstić information content (AvgIpc) is 3.33. The molecular weight excluding hydrogens is 453 g/mol. The van der Waals surface area contributed by atoms with Gasteiger partial charge in [-0.25, -0.2) is 4.68 Å². The predicted octanol–water partition coefficient (Wildman–Crippen LogP) is 2.02. The highest BCUT2D eigenvalue weighted by molar-refractivity contribution is 6.05. The van der Waals surface area contributed by atoms with E-state index in [-0.39, 0.29) is 57.1 Å². The van der Waals surface area contributed by atoms with E-state index in [0.29, 0.717) is 22.9 Å². The first kappa shape index (κ1) is 22.4. The number of nitrogens with one attached hydrogen (secondary N) is 1. The molecule has 180 valence electrons. The molecule has 1 aromatic heterocycles. The maximum absolute atomic E-state index is 13.0. The molecule has 0 radical (unpaired) electrons. The van der Waals surface area contributed by atoms with Gasteiger partial charge in [0.05, 0.1) is 5.92 Å². The van der Waals surface area contributed by atoms with E-state index < -0.39 is 24.0 Å². The summed E-state index contributed by atoms with van der Waals surface area (Å²) in [5, 5.41) is 6.72. The van der Waals surface area contributed by atoms with Gasteiger partial charge in [0.25, 0.3) is 5.91 Å². The zero-order chi connectivity index (χ0) is 24.2. The number of carbonyl (C=O) groups excluding carboxylic acids is 3. The van der Waals surface area contributed by atoms with E-state index >= 15 is 0 Å². The molecule has 2 saturated heterocycles. The van der Waals surface area contributed by atoms with Crippen LogP contribution in [-0.4, -0.2) is 62.7 Å². The maximum Gasteiger partial charge on any atom is 0.391 e. The van der Waals surface area contributed by atoms with Crippen molar-refractivity contribution in [2.24, 2.45) is 13.0 Å². The summed E-state index contributed by atoms with van der Waals surface area (Å²) in [5.41, 5.74) is 1.88. The van der Waals surface area contributed by atoms with Gasteiger partial charge in [-0.3, -0.25) is 19.7 Å². The van der Waals surface area contributed by atoms with Crippen molar-refractivity contribution in [1.82, 2.24) is 25.0 Å². The normalized spacial score (nSPS) is 21.8. The first-order chi connectivity index (χ1) is 16.1. The van der Waals surface area contributed by atoms with Gasteiger partial charge in [-0.05, 0) is 37.0 Å². The third-order valence-corrected chi connectivity index (χ3v) is 6.76. The second-order valence-corrected chi connectivity index (χ2v) is 8.93. The van der Waals surface area contributed by atoms with Crippen LogP contribution in [-0.2, 0) is 23.2 Å². The van der Waals surface area contributed by atoms with Crippen LogP contribution < -0.4 is 10.2 Å². The molecule has 5 rings (SSSR count). The Labute approximate surface area is 192 Å². The Morgan fingerprint density at radius 3 is 2.50 bits per heavy atom. The molecule has 3 aliphatic heterocycles. The maximum atomic E-state index is 13.0. The minimum atomic E-state index is -4.18. The van der Waals surface area contributed by atoms with E-state index in [9.17, 15) is 27.6 Å². The molecule has 1 N–H and O–H groups in total. The van der Waals surface area contributed by atoms with Gasteiger partial charge in [0.2, 0.25) is 17.8 Å². The molecule has 1 aromatic carbocycles. The number of fused-ring (bicyclic) bond motifs is 1. The Morgan fingerprint density at radius 2 is 1.82 bits per heavy atom. The number of alkyl halides is 3. The monoisotopic (exact) mass is 476 g/mol. The van der Waals surface area contributed by atoms with Gasteiger partial charge in [-0.15, -0.1) is 5.10 Å². The van der Waals surface area contributed by atoms with Gasteiger partial charge < -0.3 is 9.80 Å². The molecule has 0 bridgehead atoms. The molecule has 12 heteroatoms. The molecule has 1 atom stereocenters. The number of hydrogen-bond donors (Lipinski definition) is 1. The lowest BCUT2D eigenvalue weighted by molar-refractivity contribution is -0.179. The van der Waals surface area contributed by atoms with E-state index in [1.54, 1.807) is 34.8 Å². The number of halogens is 3. The zero-order valence-electron chi connectivity index (χ0n) is 18.4. The number of nitrogens with zero attached hydrogens (tertiary/aromatic N) is 5. The van der Waals surface area contributed by atoms with Crippen LogP contribution in [0.3, 0.4) is 0 Å². The number of imide groups is 1. The largest absolute Gasteiger partial charge is 0.391 e. The number of hydrogen-bond acceptors (Lipinski definition) is 6. The van der Waals surface area contributed by atoms with Gasteiger partial charge in [-0.2, -0.15) is 18.2 Å². The molecule has 2 aromatic rings. The minimum Gasteiger partial charge on any atom is -0.341 e. The molecule has 1 unspecified atom stereocenters. The first-order valence-electron chi connectivity index (χ1n) is 11.1. The lowest BCUT2D eigenvalue weighted by Gasteiger charge is -2.33. The predicted molar refractivity (Wildman–Crippen MR) is 113 cm³/mol. The van der Waals surface area contributed by atoms with Gasteiger partial charge in [0.1, 0.15) is 6.04 Å². The van der Waals surface area contributed by atoms with Crippen molar-refractivity contribution in [1.29, 1.82) is 0 Å². The van der Waals surface area contributed by atoms with Crippen LogP contribution >= 0.6 is 0 Å². The van der Waals surface area contributed by atoms with Gasteiger partial charge >= 0.3 is 6.18 Å². The quantitative estimate of drug-likeness (QED) is 0.681. The summed E-state index contributed by atoms with van der Waals surface area (Å²) >= 11 is 0. The summed E-state index contributed by atoms with van der Waals surface area (Å²) < 4.78 is 40.5. The summed E-state index contributed by atoms with van der Waals surface area (Å²) in [6, 6.07) is 4.50. The molecule has 3 amide bonds. The highest BCUT2D eigenvalue weighted by Gasteiger charge is 2.42. The van der Waals surface area contributed by atoms with Crippen LogP contribution in [0.2, 0.25) is 0 Å². The summed E-state index contributed by atoms with van der Waals surface area (Å²) in [4.78, 5) is 44.4. The third-order valence-electron chi connectivity index (χ3n) is 6.76. The molecule has 34 heavy (non-hydrogen) atoms. The lowest BCUT2D eigenvalue weighted by Crippen LogP contribution is -2.52. The Hall–Kier alpha value is -3.44. The summed E-state index contributed by atoms with van der Waals surface area (Å²) in [7, 11) is 1.70. The van der Waals surface area contributed by atoms with E-state index in [0.717, 1.165) is 5.56 Å². The number of carbonyl (C=O) groups is 3. The van der Waals surface area contributed by atoms with Crippen LogP contribution in [0.1, 0.15) is 41.6 Å². The van der Waals surface area contributed by atoms with Crippen molar-refractivity contribution in [3.8, 4) is 11.4 Å². The summed E-state index contributed by atoms with van der Waals surface area (Å²) in [5.74, 6) is -1.46. The molecule has 2 fully saturated rings. The molecule has 0 spiro atoms. The van der Waals surface area contributed by atoms with Gasteiger partial charge in [0.15, 0.2) is 5.82 Å². The summed E-state index contributed by atoms with van der Waals surface area (Å²) in [6.45, 7) is 0.727. The molecule has 9 nitrogen and oxygen atoms in total. The fourth-order valence-corrected chi connectivity index (χ4v) is 4.89. The van der Waals surface area contributed by atoms with Crippen LogP contribution in [0, 0.1) is 5.92 Å². The van der Waals surface area contributed by atoms with Crippen LogP contribution in [0.15, 0.2) is 18.2 Å². The Bertz CT molecular complexity index is 1170. The average molecular weight is 476 g/mol. The van der Waals surface area contributed by atoms with E-state index in [1.807, 2.05) is 0 Å². The fraction of sp³-hybridized carbons (Fsp3) is 0.500. The van der Waals surface area contributed by atoms with Crippen LogP contribution in [0.25, 0.3) is 11.4 Å². The van der Waals surface area contributed by atoms with E-state index in [4.69, 9.17) is 0 Å². The van der Waals surface area contributed by atoms with Crippen molar-refractivity contribution in [3.63, 3.8) is 0 Å². The van der Waals surface area contributed by atoms with Crippen LogP contribution in [0.4, 0.5) is 19.1 Å². The smallest absolute Gasteiger partial charge is 0.341 e. The number of benzene rings is 1. The van der Waals surface area contributed by atoms with Gasteiger partial charge in [-0.1, -0.05) is 6.07 Å². The Morgan fingerprint density at radius 1 is 1.09 bits per heavy atom. The molecule has 0 aliphatic carbocycles. The van der Waals surface area contributed by atoms with Crippen molar-refractivity contribution in [2.45, 2.75) is 44.4 Å². The SMILES string of the molecule is Cn1nc(-c2ccc3c(c2)CN(C2CCC(=O)NC2=O)C3=O)nc1N1CCC(C(F)(F)F)CC1. The lowest BCUT2D eigenvalue weighted by atomic mass is 9.96. The number of amides is 3.